The topological polar surface area (TPSA) is 49.3 Å². The number of benzene rings is 1. The third-order valence-corrected chi connectivity index (χ3v) is 2.58. The Morgan fingerprint density at radius 1 is 1.19 bits per heavy atom. The SMILES string of the molecule is c1cc2cc(NC3=NCCN3)ccc2cn1. The molecule has 0 fully saturated rings. The summed E-state index contributed by atoms with van der Waals surface area (Å²) in [5.74, 6) is 0.855. The Kier molecular flexibility index (Phi) is 2.18. The highest BCUT2D eigenvalue weighted by atomic mass is 15.2. The van der Waals surface area contributed by atoms with Gasteiger partial charge >= 0.3 is 0 Å². The van der Waals surface area contributed by atoms with E-state index in [0.717, 1.165) is 30.1 Å². The number of nitrogens with zero attached hydrogens (tertiary/aromatic N) is 2. The van der Waals surface area contributed by atoms with Crippen LogP contribution in [0.3, 0.4) is 0 Å². The van der Waals surface area contributed by atoms with Crippen LogP contribution in [0, 0.1) is 0 Å². The number of fused-ring (bicyclic) bond motifs is 1. The van der Waals surface area contributed by atoms with Gasteiger partial charge in [-0.15, -0.1) is 0 Å². The summed E-state index contributed by atoms with van der Waals surface area (Å²) in [5.41, 5.74) is 1.05. The number of aromatic nitrogens is 1. The molecule has 4 nitrogen and oxygen atoms in total. The molecule has 16 heavy (non-hydrogen) atoms. The van der Waals surface area contributed by atoms with Gasteiger partial charge in [-0.1, -0.05) is 6.07 Å². The highest BCUT2D eigenvalue weighted by Gasteiger charge is 2.04. The zero-order chi connectivity index (χ0) is 10.8. The standard InChI is InChI=1S/C12H12N4/c1-2-11(16-12-14-5-6-15-12)7-9-3-4-13-8-10(1)9/h1-4,7-8H,5-6H2,(H2,14,15,16). The molecule has 0 saturated carbocycles. The molecule has 2 aromatic rings. The van der Waals surface area contributed by atoms with Gasteiger partial charge in [0, 0.05) is 30.0 Å². The number of rotatable bonds is 1. The van der Waals surface area contributed by atoms with Crippen LogP contribution in [0.5, 0.6) is 0 Å². The summed E-state index contributed by atoms with van der Waals surface area (Å²) in [6.07, 6.45) is 3.67. The first kappa shape index (κ1) is 9.15. The molecule has 2 N–H and O–H groups in total. The number of hydrogen-bond donors (Lipinski definition) is 2. The fourth-order valence-corrected chi connectivity index (χ4v) is 1.78. The van der Waals surface area contributed by atoms with Crippen molar-refractivity contribution in [1.29, 1.82) is 0 Å². The molecule has 80 valence electrons. The minimum Gasteiger partial charge on any atom is -0.354 e. The fraction of sp³-hybridized carbons (Fsp3) is 0.167. The number of aliphatic imine (C=N–C) groups is 1. The summed E-state index contributed by atoms with van der Waals surface area (Å²) in [5, 5.41) is 8.76. The van der Waals surface area contributed by atoms with Crippen LogP contribution in [0.25, 0.3) is 10.8 Å². The Morgan fingerprint density at radius 3 is 3.06 bits per heavy atom. The second-order valence-corrected chi connectivity index (χ2v) is 3.72. The molecule has 2 heterocycles. The molecule has 1 aromatic carbocycles. The van der Waals surface area contributed by atoms with Crippen LogP contribution in [0.1, 0.15) is 0 Å². The van der Waals surface area contributed by atoms with Crippen molar-refractivity contribution in [3.63, 3.8) is 0 Å². The van der Waals surface area contributed by atoms with Crippen molar-refractivity contribution in [2.45, 2.75) is 0 Å². The Hall–Kier alpha value is -2.10. The first-order valence-corrected chi connectivity index (χ1v) is 5.31. The summed E-state index contributed by atoms with van der Waals surface area (Å²) in [6.45, 7) is 1.76. The van der Waals surface area contributed by atoms with E-state index in [1.54, 1.807) is 6.20 Å². The van der Waals surface area contributed by atoms with Gasteiger partial charge in [-0.2, -0.15) is 0 Å². The van der Waals surface area contributed by atoms with Gasteiger partial charge in [-0.3, -0.25) is 9.98 Å². The van der Waals surface area contributed by atoms with Crippen LogP contribution in [0.2, 0.25) is 0 Å². The lowest BCUT2D eigenvalue weighted by atomic mass is 10.1. The van der Waals surface area contributed by atoms with Crippen molar-refractivity contribution in [3.05, 3.63) is 36.7 Å². The van der Waals surface area contributed by atoms with Crippen LogP contribution in [0.4, 0.5) is 5.69 Å². The summed E-state index contributed by atoms with van der Waals surface area (Å²) in [7, 11) is 0. The summed E-state index contributed by atoms with van der Waals surface area (Å²) < 4.78 is 0. The largest absolute Gasteiger partial charge is 0.354 e. The maximum Gasteiger partial charge on any atom is 0.195 e. The van der Waals surface area contributed by atoms with Gasteiger partial charge in [0.15, 0.2) is 5.96 Å². The van der Waals surface area contributed by atoms with Crippen molar-refractivity contribution in [3.8, 4) is 0 Å². The second-order valence-electron chi connectivity index (χ2n) is 3.72. The van der Waals surface area contributed by atoms with Crippen molar-refractivity contribution >= 4 is 22.4 Å². The summed E-state index contributed by atoms with van der Waals surface area (Å²) in [6, 6.07) is 8.19. The third kappa shape index (κ3) is 1.69. The molecule has 0 amide bonds. The Morgan fingerprint density at radius 2 is 2.19 bits per heavy atom. The van der Waals surface area contributed by atoms with Crippen molar-refractivity contribution in [2.24, 2.45) is 4.99 Å². The maximum absolute atomic E-state index is 4.29. The highest BCUT2D eigenvalue weighted by molar-refractivity contribution is 5.96. The van der Waals surface area contributed by atoms with E-state index in [0.29, 0.717) is 0 Å². The maximum atomic E-state index is 4.29. The number of hydrogen-bond acceptors (Lipinski definition) is 4. The van der Waals surface area contributed by atoms with Crippen molar-refractivity contribution < 1.29 is 0 Å². The highest BCUT2D eigenvalue weighted by Crippen LogP contribution is 2.17. The predicted octanol–water partition coefficient (Wildman–Crippen LogP) is 1.61. The zero-order valence-corrected chi connectivity index (χ0v) is 8.77. The first-order chi connectivity index (χ1) is 7.92. The van der Waals surface area contributed by atoms with Gasteiger partial charge in [0.2, 0.25) is 0 Å². The van der Waals surface area contributed by atoms with Gasteiger partial charge in [-0.25, -0.2) is 0 Å². The molecule has 0 saturated heterocycles. The van der Waals surface area contributed by atoms with E-state index < -0.39 is 0 Å². The number of nitrogens with one attached hydrogen (secondary N) is 2. The zero-order valence-electron chi connectivity index (χ0n) is 8.77. The normalized spacial score (nSPS) is 14.6. The number of anilines is 1. The van der Waals surface area contributed by atoms with Gasteiger partial charge in [0.1, 0.15) is 0 Å². The Bertz CT molecular complexity index is 547. The fourth-order valence-electron chi connectivity index (χ4n) is 1.78. The molecule has 0 atom stereocenters. The molecule has 0 radical (unpaired) electrons. The molecule has 1 aliphatic heterocycles. The molecule has 1 aliphatic rings. The quantitative estimate of drug-likeness (QED) is 0.755. The monoisotopic (exact) mass is 212 g/mol. The summed E-state index contributed by atoms with van der Waals surface area (Å²) in [4.78, 5) is 8.38. The van der Waals surface area contributed by atoms with Crippen molar-refractivity contribution in [2.75, 3.05) is 18.4 Å². The molecule has 0 spiro atoms. The molecular weight excluding hydrogens is 200 g/mol. The lowest BCUT2D eigenvalue weighted by molar-refractivity contribution is 0.959. The van der Waals surface area contributed by atoms with Crippen LogP contribution >= 0.6 is 0 Å². The van der Waals surface area contributed by atoms with E-state index in [2.05, 4.69) is 32.7 Å². The molecule has 3 rings (SSSR count). The lowest BCUT2D eigenvalue weighted by Crippen LogP contribution is -2.26. The van der Waals surface area contributed by atoms with E-state index in [1.807, 2.05) is 18.3 Å². The molecule has 4 heteroatoms. The van der Waals surface area contributed by atoms with Crippen LogP contribution in [-0.4, -0.2) is 24.0 Å². The minimum atomic E-state index is 0.847. The Balaban J connectivity index is 1.92. The van der Waals surface area contributed by atoms with E-state index in [9.17, 15) is 0 Å². The third-order valence-electron chi connectivity index (χ3n) is 2.58. The molecule has 0 unspecified atom stereocenters. The smallest absolute Gasteiger partial charge is 0.195 e. The molecule has 1 aromatic heterocycles. The van der Waals surface area contributed by atoms with Gasteiger partial charge in [0.25, 0.3) is 0 Å². The molecule has 0 aliphatic carbocycles. The number of guanidine groups is 1. The van der Waals surface area contributed by atoms with Crippen LogP contribution in [-0.2, 0) is 0 Å². The van der Waals surface area contributed by atoms with E-state index >= 15 is 0 Å². The molecular formula is C12H12N4. The van der Waals surface area contributed by atoms with Crippen LogP contribution in [0.15, 0.2) is 41.7 Å². The predicted molar refractivity (Wildman–Crippen MR) is 65.7 cm³/mol. The number of pyridine rings is 1. The van der Waals surface area contributed by atoms with Gasteiger partial charge in [-0.05, 0) is 23.6 Å². The molecule has 0 bridgehead atoms. The average molecular weight is 212 g/mol. The van der Waals surface area contributed by atoms with E-state index in [1.165, 1.54) is 5.39 Å². The van der Waals surface area contributed by atoms with Gasteiger partial charge < -0.3 is 10.6 Å². The Labute approximate surface area is 93.4 Å². The van der Waals surface area contributed by atoms with Gasteiger partial charge in [0.05, 0.1) is 6.54 Å². The second kappa shape index (κ2) is 3.81. The summed E-state index contributed by atoms with van der Waals surface area (Å²) >= 11 is 0. The van der Waals surface area contributed by atoms with Crippen molar-refractivity contribution in [1.82, 2.24) is 10.3 Å². The average Bonchev–Trinajstić information content (AvgIpc) is 2.82. The first-order valence-electron chi connectivity index (χ1n) is 5.31. The van der Waals surface area contributed by atoms with Crippen LogP contribution < -0.4 is 10.6 Å². The minimum absolute atomic E-state index is 0.847. The van der Waals surface area contributed by atoms with E-state index in [4.69, 9.17) is 0 Å². The van der Waals surface area contributed by atoms with E-state index in [-0.39, 0.29) is 0 Å². The lowest BCUT2D eigenvalue weighted by Gasteiger charge is -2.07.